The van der Waals surface area contributed by atoms with E-state index in [9.17, 15) is 10.1 Å². The summed E-state index contributed by atoms with van der Waals surface area (Å²) >= 11 is 1.33. The number of carbonyl (C=O) groups excluding carboxylic acids is 1. The number of nitrogens with one attached hydrogen (secondary N) is 1. The second-order valence-corrected chi connectivity index (χ2v) is 9.62. The van der Waals surface area contributed by atoms with Crippen LogP contribution < -0.4 is 5.32 Å². The second-order valence-electron chi connectivity index (χ2n) is 8.68. The molecule has 2 aromatic carbocycles. The molecule has 2 aromatic heterocycles. The van der Waals surface area contributed by atoms with Crippen LogP contribution in [0.2, 0.25) is 0 Å². The molecule has 8 heteroatoms. The maximum absolute atomic E-state index is 13.1. The average Bonchev–Trinajstić information content (AvgIpc) is 3.40. The Labute approximate surface area is 208 Å². The quantitative estimate of drug-likeness (QED) is 0.384. The molecule has 0 spiro atoms. The fourth-order valence-electron chi connectivity index (χ4n) is 4.69. The van der Waals surface area contributed by atoms with Gasteiger partial charge in [-0.1, -0.05) is 42.1 Å². The maximum Gasteiger partial charge on any atom is 0.236 e. The SMILES string of the molecule is Cc1cccc(-n2c(C)nnc2SCC(=O)Nc2c(C#N)c3c(n2-c2ccccc2)CCCC3)c1. The third kappa shape index (κ3) is 4.47. The van der Waals surface area contributed by atoms with Gasteiger partial charge in [0.05, 0.1) is 11.3 Å². The summed E-state index contributed by atoms with van der Waals surface area (Å²) in [6.45, 7) is 3.94. The van der Waals surface area contributed by atoms with Crippen molar-refractivity contribution in [2.75, 3.05) is 11.1 Å². The zero-order valence-corrected chi connectivity index (χ0v) is 20.6. The fourth-order valence-corrected chi connectivity index (χ4v) is 5.49. The Kier molecular flexibility index (Phi) is 6.43. The minimum atomic E-state index is -0.185. The molecular weight excluding hydrogens is 456 g/mol. The highest BCUT2D eigenvalue weighted by Gasteiger charge is 2.27. The Balaban J connectivity index is 1.42. The van der Waals surface area contributed by atoms with Gasteiger partial charge in [-0.25, -0.2) is 0 Å². The van der Waals surface area contributed by atoms with Gasteiger partial charge >= 0.3 is 0 Å². The van der Waals surface area contributed by atoms with Crippen molar-refractivity contribution in [2.24, 2.45) is 0 Å². The number of hydrogen-bond acceptors (Lipinski definition) is 5. The number of nitrogens with zero attached hydrogens (tertiary/aromatic N) is 5. The molecule has 35 heavy (non-hydrogen) atoms. The van der Waals surface area contributed by atoms with Gasteiger partial charge in [-0.3, -0.25) is 13.9 Å². The van der Waals surface area contributed by atoms with Crippen molar-refractivity contribution >= 4 is 23.5 Å². The molecule has 1 aliphatic rings. The number of rotatable bonds is 6. The Hall–Kier alpha value is -3.83. The number of para-hydroxylation sites is 1. The molecule has 1 amide bonds. The number of benzene rings is 2. The number of aromatic nitrogens is 4. The summed E-state index contributed by atoms with van der Waals surface area (Å²) in [6, 6.07) is 20.4. The highest BCUT2D eigenvalue weighted by atomic mass is 32.2. The monoisotopic (exact) mass is 482 g/mol. The zero-order valence-electron chi connectivity index (χ0n) is 19.8. The van der Waals surface area contributed by atoms with E-state index < -0.39 is 0 Å². The van der Waals surface area contributed by atoms with E-state index in [4.69, 9.17) is 0 Å². The zero-order chi connectivity index (χ0) is 24.4. The first-order valence-corrected chi connectivity index (χ1v) is 12.7. The summed E-state index contributed by atoms with van der Waals surface area (Å²) in [5.41, 5.74) is 5.80. The van der Waals surface area contributed by atoms with Gasteiger partial charge in [0.25, 0.3) is 0 Å². The maximum atomic E-state index is 13.1. The van der Waals surface area contributed by atoms with E-state index in [1.807, 2.05) is 66.9 Å². The number of thioether (sulfide) groups is 1. The molecule has 4 aromatic rings. The Bertz CT molecular complexity index is 1430. The van der Waals surface area contributed by atoms with Gasteiger partial charge in [0.2, 0.25) is 5.91 Å². The second kappa shape index (κ2) is 9.80. The van der Waals surface area contributed by atoms with Gasteiger partial charge in [0, 0.05) is 17.1 Å². The summed E-state index contributed by atoms with van der Waals surface area (Å²) in [7, 11) is 0. The van der Waals surface area contributed by atoms with Crippen LogP contribution in [0.1, 0.15) is 41.1 Å². The van der Waals surface area contributed by atoms with Crippen molar-refractivity contribution < 1.29 is 4.79 Å². The van der Waals surface area contributed by atoms with Crippen LogP contribution in [0, 0.1) is 25.2 Å². The van der Waals surface area contributed by atoms with Crippen LogP contribution in [-0.4, -0.2) is 31.0 Å². The summed E-state index contributed by atoms with van der Waals surface area (Å²) in [5, 5.41) is 22.2. The molecule has 0 fully saturated rings. The van der Waals surface area contributed by atoms with E-state index in [0.29, 0.717) is 16.5 Å². The predicted molar refractivity (Wildman–Crippen MR) is 137 cm³/mol. The molecule has 0 saturated heterocycles. The lowest BCUT2D eigenvalue weighted by Crippen LogP contribution is -2.18. The van der Waals surface area contributed by atoms with Gasteiger partial charge in [-0.15, -0.1) is 10.2 Å². The molecular formula is C27H26N6OS. The summed E-state index contributed by atoms with van der Waals surface area (Å²) < 4.78 is 4.01. The topological polar surface area (TPSA) is 88.5 Å². The van der Waals surface area contributed by atoms with E-state index in [1.54, 1.807) is 0 Å². The van der Waals surface area contributed by atoms with E-state index in [0.717, 1.165) is 59.7 Å². The van der Waals surface area contributed by atoms with Crippen molar-refractivity contribution in [1.29, 1.82) is 5.26 Å². The van der Waals surface area contributed by atoms with Crippen molar-refractivity contribution in [3.63, 3.8) is 0 Å². The number of aryl methyl sites for hydroxylation is 2. The van der Waals surface area contributed by atoms with Crippen molar-refractivity contribution in [3.8, 4) is 17.4 Å². The van der Waals surface area contributed by atoms with E-state index in [1.165, 1.54) is 11.8 Å². The van der Waals surface area contributed by atoms with Crippen molar-refractivity contribution in [3.05, 3.63) is 82.8 Å². The Morgan fingerprint density at radius 2 is 1.80 bits per heavy atom. The Morgan fingerprint density at radius 1 is 1.03 bits per heavy atom. The largest absolute Gasteiger partial charge is 0.310 e. The first-order valence-electron chi connectivity index (χ1n) is 11.7. The van der Waals surface area contributed by atoms with Gasteiger partial charge in [0.1, 0.15) is 17.7 Å². The molecule has 0 saturated carbocycles. The number of amides is 1. The lowest BCUT2D eigenvalue weighted by atomic mass is 9.95. The van der Waals surface area contributed by atoms with Crippen LogP contribution in [0.15, 0.2) is 59.8 Å². The Morgan fingerprint density at radius 3 is 2.57 bits per heavy atom. The standard InChI is InChI=1S/C27H26N6OS/c1-18-9-8-12-21(15-18)32-19(2)30-31-27(32)35-17-25(34)29-26-23(16-28)22-13-6-7-14-24(22)33(26)20-10-4-3-5-11-20/h3-5,8-12,15H,6-7,13-14,17H2,1-2H3,(H,29,34). The normalized spacial score (nSPS) is 12.7. The van der Waals surface area contributed by atoms with Gasteiger partial charge in [-0.05, 0) is 74.9 Å². The number of carbonyl (C=O) groups is 1. The van der Waals surface area contributed by atoms with Crippen LogP contribution in [0.25, 0.3) is 11.4 Å². The molecule has 5 rings (SSSR count). The fraction of sp³-hybridized carbons (Fsp3) is 0.259. The van der Waals surface area contributed by atoms with Crippen molar-refractivity contribution in [2.45, 2.75) is 44.7 Å². The minimum Gasteiger partial charge on any atom is -0.310 e. The molecule has 176 valence electrons. The first-order chi connectivity index (χ1) is 17.1. The third-order valence-electron chi connectivity index (χ3n) is 6.24. The van der Waals surface area contributed by atoms with Gasteiger partial charge in [0.15, 0.2) is 5.16 Å². The van der Waals surface area contributed by atoms with Crippen molar-refractivity contribution in [1.82, 2.24) is 19.3 Å². The number of anilines is 1. The van der Waals surface area contributed by atoms with Crippen LogP contribution in [-0.2, 0) is 17.6 Å². The molecule has 1 aliphatic carbocycles. The molecule has 2 heterocycles. The van der Waals surface area contributed by atoms with Gasteiger partial charge < -0.3 is 5.32 Å². The molecule has 1 N–H and O–H groups in total. The minimum absolute atomic E-state index is 0.152. The van der Waals surface area contributed by atoms with Crippen LogP contribution in [0.4, 0.5) is 5.82 Å². The molecule has 0 bridgehead atoms. The van der Waals surface area contributed by atoms with Crippen LogP contribution >= 0.6 is 11.8 Å². The number of fused-ring (bicyclic) bond motifs is 1. The van der Waals surface area contributed by atoms with E-state index in [2.05, 4.69) is 32.2 Å². The number of nitriles is 1. The lowest BCUT2D eigenvalue weighted by molar-refractivity contribution is -0.113. The van der Waals surface area contributed by atoms with Gasteiger partial charge in [-0.2, -0.15) is 5.26 Å². The summed E-state index contributed by atoms with van der Waals surface area (Å²) in [5.74, 6) is 1.29. The molecule has 0 unspecified atom stereocenters. The number of hydrogen-bond donors (Lipinski definition) is 1. The van der Waals surface area contributed by atoms with E-state index in [-0.39, 0.29) is 11.7 Å². The predicted octanol–water partition coefficient (Wildman–Crippen LogP) is 5.16. The molecule has 0 aliphatic heterocycles. The van der Waals surface area contributed by atoms with Crippen LogP contribution in [0.5, 0.6) is 0 Å². The van der Waals surface area contributed by atoms with Crippen LogP contribution in [0.3, 0.4) is 0 Å². The smallest absolute Gasteiger partial charge is 0.236 e. The summed E-state index contributed by atoms with van der Waals surface area (Å²) in [4.78, 5) is 13.1. The lowest BCUT2D eigenvalue weighted by Gasteiger charge is -2.17. The van der Waals surface area contributed by atoms with E-state index >= 15 is 0 Å². The third-order valence-corrected chi connectivity index (χ3v) is 7.17. The summed E-state index contributed by atoms with van der Waals surface area (Å²) in [6.07, 6.45) is 3.88. The highest BCUT2D eigenvalue weighted by molar-refractivity contribution is 7.99. The first kappa shape index (κ1) is 22.9. The molecule has 7 nitrogen and oxygen atoms in total. The highest BCUT2D eigenvalue weighted by Crippen LogP contribution is 2.35. The average molecular weight is 483 g/mol. The molecule has 0 atom stereocenters. The molecule has 0 radical (unpaired) electrons.